The number of nitrogens with one attached hydrogen (secondary N) is 1. The highest BCUT2D eigenvalue weighted by Crippen LogP contribution is 2.20. The third kappa shape index (κ3) is 3.67. The summed E-state index contributed by atoms with van der Waals surface area (Å²) >= 11 is 1.65. The number of benzene rings is 1. The molecular weight excluding hydrogens is 296 g/mol. The van der Waals surface area contributed by atoms with Crippen molar-refractivity contribution in [3.05, 3.63) is 57.8 Å². The van der Waals surface area contributed by atoms with E-state index in [2.05, 4.69) is 23.5 Å². The molecule has 0 saturated carbocycles. The number of fused-ring (bicyclic) bond motifs is 1. The highest BCUT2D eigenvalue weighted by molar-refractivity contribution is 7.09. The molecule has 4 nitrogen and oxygen atoms in total. The van der Waals surface area contributed by atoms with Gasteiger partial charge in [0.05, 0.1) is 19.3 Å². The average Bonchev–Trinajstić information content (AvgIpc) is 3.06. The lowest BCUT2D eigenvalue weighted by atomic mass is 9.99. The first-order chi connectivity index (χ1) is 10.7. The number of carbonyl (C=O) groups excluding carboxylic acids is 1. The lowest BCUT2D eigenvalue weighted by Gasteiger charge is -2.29. The number of rotatable bonds is 4. The first-order valence-electron chi connectivity index (χ1n) is 7.42. The van der Waals surface area contributed by atoms with Crippen molar-refractivity contribution in [3.63, 3.8) is 0 Å². The second-order valence-corrected chi connectivity index (χ2v) is 6.56. The van der Waals surface area contributed by atoms with Gasteiger partial charge in [-0.25, -0.2) is 4.79 Å². The van der Waals surface area contributed by atoms with Gasteiger partial charge in [0.15, 0.2) is 0 Å². The van der Waals surface area contributed by atoms with Gasteiger partial charge in [-0.1, -0.05) is 30.3 Å². The third-order valence-corrected chi connectivity index (χ3v) is 4.74. The number of nitrogens with zero attached hydrogens (tertiary/aromatic N) is 1. The lowest BCUT2D eigenvalue weighted by molar-refractivity contribution is 0.0150. The molecule has 1 N–H and O–H groups in total. The molecular formula is C17H20N2O2S. The SMILES string of the molecule is CN(C[C@H]1Cc2ccccc2CO1)C(=O)NCc1cccs1. The van der Waals surface area contributed by atoms with E-state index >= 15 is 0 Å². The molecule has 0 spiro atoms. The summed E-state index contributed by atoms with van der Waals surface area (Å²) in [7, 11) is 1.81. The summed E-state index contributed by atoms with van der Waals surface area (Å²) in [6.07, 6.45) is 0.922. The van der Waals surface area contributed by atoms with Crippen LogP contribution in [-0.4, -0.2) is 30.6 Å². The van der Waals surface area contributed by atoms with Gasteiger partial charge in [0, 0.05) is 24.9 Å². The zero-order valence-corrected chi connectivity index (χ0v) is 13.4. The maximum absolute atomic E-state index is 12.1. The number of carbonyl (C=O) groups is 1. The molecule has 2 heterocycles. The molecule has 0 bridgehead atoms. The number of ether oxygens (including phenoxy) is 1. The van der Waals surface area contributed by atoms with Crippen LogP contribution in [0.4, 0.5) is 4.79 Å². The van der Waals surface area contributed by atoms with Crippen molar-refractivity contribution in [1.82, 2.24) is 10.2 Å². The molecule has 0 aliphatic carbocycles. The maximum atomic E-state index is 12.1. The second kappa shape index (κ2) is 6.94. The Hall–Kier alpha value is -1.85. The first-order valence-corrected chi connectivity index (χ1v) is 8.30. The predicted molar refractivity (Wildman–Crippen MR) is 87.9 cm³/mol. The van der Waals surface area contributed by atoms with Crippen molar-refractivity contribution in [2.75, 3.05) is 13.6 Å². The molecule has 1 aromatic carbocycles. The van der Waals surface area contributed by atoms with Crippen LogP contribution >= 0.6 is 11.3 Å². The quantitative estimate of drug-likeness (QED) is 0.942. The Morgan fingerprint density at radius 3 is 2.91 bits per heavy atom. The van der Waals surface area contributed by atoms with Gasteiger partial charge in [-0.2, -0.15) is 0 Å². The second-order valence-electron chi connectivity index (χ2n) is 5.52. The van der Waals surface area contributed by atoms with Crippen molar-refractivity contribution >= 4 is 17.4 Å². The number of thiophene rings is 1. The van der Waals surface area contributed by atoms with Gasteiger partial charge in [-0.3, -0.25) is 0 Å². The van der Waals surface area contributed by atoms with Gasteiger partial charge in [0.1, 0.15) is 0 Å². The Labute approximate surface area is 134 Å². The van der Waals surface area contributed by atoms with Crippen LogP contribution in [-0.2, 0) is 24.3 Å². The van der Waals surface area contributed by atoms with Gasteiger partial charge in [-0.15, -0.1) is 11.3 Å². The maximum Gasteiger partial charge on any atom is 0.317 e. The Kier molecular flexibility index (Phi) is 4.75. The van der Waals surface area contributed by atoms with Crippen LogP contribution in [0.3, 0.4) is 0 Å². The summed E-state index contributed by atoms with van der Waals surface area (Å²) in [5, 5.41) is 4.95. The van der Waals surface area contributed by atoms with E-state index in [1.165, 1.54) is 11.1 Å². The summed E-state index contributed by atoms with van der Waals surface area (Å²) in [4.78, 5) is 15.0. The van der Waals surface area contributed by atoms with E-state index in [4.69, 9.17) is 4.74 Å². The molecule has 1 aliphatic heterocycles. The highest BCUT2D eigenvalue weighted by atomic mass is 32.1. The summed E-state index contributed by atoms with van der Waals surface area (Å²) in [5.74, 6) is 0. The normalized spacial score (nSPS) is 16.9. The van der Waals surface area contributed by atoms with E-state index in [1.54, 1.807) is 16.2 Å². The standard InChI is InChI=1S/C17H20N2O2S/c1-19(17(20)18-10-16-7-4-8-22-16)11-15-9-13-5-2-3-6-14(13)12-21-15/h2-8,15H,9-12H2,1H3,(H,18,20)/t15-/m1/s1. The van der Waals surface area contributed by atoms with Crippen molar-refractivity contribution in [1.29, 1.82) is 0 Å². The number of urea groups is 1. The molecule has 0 saturated heterocycles. The minimum atomic E-state index is -0.0594. The predicted octanol–water partition coefficient (Wildman–Crippen LogP) is 3.03. The first kappa shape index (κ1) is 15.1. The fourth-order valence-electron chi connectivity index (χ4n) is 2.63. The van der Waals surface area contributed by atoms with E-state index in [9.17, 15) is 4.79 Å². The minimum absolute atomic E-state index is 0.0594. The van der Waals surface area contributed by atoms with Crippen LogP contribution in [0.25, 0.3) is 0 Å². The number of amides is 2. The summed E-state index contributed by atoms with van der Waals surface area (Å²) in [6, 6.07) is 12.3. The molecule has 2 amide bonds. The molecule has 0 fully saturated rings. The Bertz CT molecular complexity index is 627. The largest absolute Gasteiger partial charge is 0.371 e. The number of hydrogen-bond acceptors (Lipinski definition) is 3. The van der Waals surface area contributed by atoms with Crippen molar-refractivity contribution < 1.29 is 9.53 Å². The molecule has 1 aliphatic rings. The number of likely N-dealkylation sites (N-methyl/N-ethyl adjacent to an activating group) is 1. The van der Waals surface area contributed by atoms with Crippen LogP contribution in [0.5, 0.6) is 0 Å². The van der Waals surface area contributed by atoms with Crippen molar-refractivity contribution in [2.45, 2.75) is 25.7 Å². The Morgan fingerprint density at radius 2 is 2.14 bits per heavy atom. The molecule has 1 atom stereocenters. The number of hydrogen-bond donors (Lipinski definition) is 1. The van der Waals surface area contributed by atoms with Gasteiger partial charge in [-0.05, 0) is 22.6 Å². The van der Waals surface area contributed by atoms with Crippen molar-refractivity contribution in [2.24, 2.45) is 0 Å². The van der Waals surface area contributed by atoms with E-state index in [1.807, 2.05) is 30.6 Å². The van der Waals surface area contributed by atoms with Gasteiger partial charge < -0.3 is 15.0 Å². The van der Waals surface area contributed by atoms with Crippen molar-refractivity contribution in [3.8, 4) is 0 Å². The van der Waals surface area contributed by atoms with Crippen LogP contribution in [0.2, 0.25) is 0 Å². The molecule has 1 aromatic heterocycles. The van der Waals surface area contributed by atoms with Gasteiger partial charge >= 0.3 is 6.03 Å². The molecule has 116 valence electrons. The van der Waals surface area contributed by atoms with Gasteiger partial charge in [0.2, 0.25) is 0 Å². The van der Waals surface area contributed by atoms with Crippen LogP contribution in [0.1, 0.15) is 16.0 Å². The lowest BCUT2D eigenvalue weighted by Crippen LogP contribution is -2.43. The molecule has 0 unspecified atom stereocenters. The van der Waals surface area contributed by atoms with Crippen LogP contribution < -0.4 is 5.32 Å². The van der Waals surface area contributed by atoms with E-state index in [-0.39, 0.29) is 12.1 Å². The van der Waals surface area contributed by atoms with Gasteiger partial charge in [0.25, 0.3) is 0 Å². The summed E-state index contributed by atoms with van der Waals surface area (Å²) in [5.41, 5.74) is 2.58. The third-order valence-electron chi connectivity index (χ3n) is 3.86. The fourth-order valence-corrected chi connectivity index (χ4v) is 3.27. The zero-order valence-electron chi connectivity index (χ0n) is 12.6. The fraction of sp³-hybridized carbons (Fsp3) is 0.353. The topological polar surface area (TPSA) is 41.6 Å². The summed E-state index contributed by atoms with van der Waals surface area (Å²) < 4.78 is 5.86. The van der Waals surface area contributed by atoms with Crippen LogP contribution in [0.15, 0.2) is 41.8 Å². The molecule has 0 radical (unpaired) electrons. The van der Waals surface area contributed by atoms with E-state index in [0.717, 1.165) is 11.3 Å². The highest BCUT2D eigenvalue weighted by Gasteiger charge is 2.21. The molecule has 3 rings (SSSR count). The monoisotopic (exact) mass is 316 g/mol. The average molecular weight is 316 g/mol. The Balaban J connectivity index is 1.49. The summed E-state index contributed by atoms with van der Waals surface area (Å²) in [6.45, 7) is 1.81. The minimum Gasteiger partial charge on any atom is -0.371 e. The molecule has 22 heavy (non-hydrogen) atoms. The Morgan fingerprint density at radius 1 is 1.32 bits per heavy atom. The smallest absolute Gasteiger partial charge is 0.317 e. The van der Waals surface area contributed by atoms with Crippen LogP contribution in [0, 0.1) is 0 Å². The molecule has 5 heteroatoms. The molecule has 2 aromatic rings. The van der Waals surface area contributed by atoms with E-state index < -0.39 is 0 Å². The van der Waals surface area contributed by atoms with E-state index in [0.29, 0.717) is 19.7 Å². The zero-order chi connectivity index (χ0) is 15.4.